The van der Waals surface area contributed by atoms with Gasteiger partial charge in [-0.1, -0.05) is 66.7 Å². The lowest BCUT2D eigenvalue weighted by Gasteiger charge is -2.18. The number of carbonyl (C=O) groups is 3. The van der Waals surface area contributed by atoms with Crippen LogP contribution in [-0.4, -0.2) is 17.7 Å². The van der Waals surface area contributed by atoms with Crippen molar-refractivity contribution < 1.29 is 19.1 Å². The first-order valence-corrected chi connectivity index (χ1v) is 17.2. The smallest absolute Gasteiger partial charge is 0.272 e. The van der Waals surface area contributed by atoms with Gasteiger partial charge in [0, 0.05) is 21.8 Å². The van der Waals surface area contributed by atoms with Crippen molar-refractivity contribution in [3.05, 3.63) is 179 Å². The molecule has 0 fully saturated rings. The number of thioether (sulfide) groups is 1. The molecular formula is C40H31N3O4S2. The first-order valence-electron chi connectivity index (χ1n) is 15.4. The molecule has 0 saturated carbocycles. The van der Waals surface area contributed by atoms with Gasteiger partial charge >= 0.3 is 0 Å². The highest BCUT2D eigenvalue weighted by atomic mass is 32.2. The van der Waals surface area contributed by atoms with Crippen LogP contribution in [0.3, 0.4) is 0 Å². The van der Waals surface area contributed by atoms with Crippen molar-refractivity contribution in [2.45, 2.75) is 10.1 Å². The third-order valence-electron chi connectivity index (χ3n) is 7.19. The number of hydrogen-bond acceptors (Lipinski definition) is 6. The number of nitrogens with one attached hydrogen (secondary N) is 3. The van der Waals surface area contributed by atoms with Crippen LogP contribution in [0.25, 0.3) is 6.08 Å². The van der Waals surface area contributed by atoms with Gasteiger partial charge in [0.15, 0.2) is 0 Å². The molecule has 5 aromatic carbocycles. The Hall–Kier alpha value is -5.90. The summed E-state index contributed by atoms with van der Waals surface area (Å²) >= 11 is 2.90. The molecule has 0 aliphatic carbocycles. The molecular weight excluding hydrogens is 651 g/mol. The molecule has 49 heavy (non-hydrogen) atoms. The molecule has 7 nitrogen and oxygen atoms in total. The van der Waals surface area contributed by atoms with E-state index in [0.717, 1.165) is 21.8 Å². The van der Waals surface area contributed by atoms with Crippen LogP contribution >= 0.6 is 23.1 Å². The second-order valence-electron chi connectivity index (χ2n) is 10.8. The predicted molar refractivity (Wildman–Crippen MR) is 198 cm³/mol. The van der Waals surface area contributed by atoms with Crippen molar-refractivity contribution in [1.82, 2.24) is 5.32 Å². The molecule has 1 aromatic heterocycles. The summed E-state index contributed by atoms with van der Waals surface area (Å²) in [7, 11) is 0. The van der Waals surface area contributed by atoms with E-state index in [1.165, 1.54) is 23.1 Å². The SMILES string of the molecule is O=C(Nc1ccc(SC(C(=O)Nc2ccc(Oc3ccccc3)cc2)c2ccccc2)cc1)/C(=C/c1ccsc1)NC(=O)c1ccccc1. The third kappa shape index (κ3) is 9.35. The molecule has 0 bridgehead atoms. The van der Waals surface area contributed by atoms with Gasteiger partial charge in [0.25, 0.3) is 11.8 Å². The summed E-state index contributed by atoms with van der Waals surface area (Å²) in [6.07, 6.45) is 1.64. The Balaban J connectivity index is 1.13. The average molecular weight is 682 g/mol. The fraction of sp³-hybridized carbons (Fsp3) is 0.0250. The van der Waals surface area contributed by atoms with E-state index in [1.54, 1.807) is 42.5 Å². The van der Waals surface area contributed by atoms with Gasteiger partial charge < -0.3 is 20.7 Å². The van der Waals surface area contributed by atoms with E-state index in [-0.39, 0.29) is 17.5 Å². The van der Waals surface area contributed by atoms with Crippen LogP contribution in [0.5, 0.6) is 11.5 Å². The highest BCUT2D eigenvalue weighted by Gasteiger charge is 2.23. The van der Waals surface area contributed by atoms with E-state index >= 15 is 0 Å². The molecule has 6 rings (SSSR count). The van der Waals surface area contributed by atoms with Crippen molar-refractivity contribution in [3.63, 3.8) is 0 Å². The first-order chi connectivity index (χ1) is 24.0. The van der Waals surface area contributed by atoms with E-state index in [0.29, 0.717) is 22.7 Å². The fourth-order valence-electron chi connectivity index (χ4n) is 4.76. The Morgan fingerprint density at radius 1 is 0.653 bits per heavy atom. The van der Waals surface area contributed by atoms with Gasteiger partial charge in [0.2, 0.25) is 5.91 Å². The van der Waals surface area contributed by atoms with Crippen molar-refractivity contribution in [2.24, 2.45) is 0 Å². The molecule has 9 heteroatoms. The largest absolute Gasteiger partial charge is 0.457 e. The minimum Gasteiger partial charge on any atom is -0.457 e. The van der Waals surface area contributed by atoms with Gasteiger partial charge in [-0.3, -0.25) is 14.4 Å². The van der Waals surface area contributed by atoms with Crippen molar-refractivity contribution in [1.29, 1.82) is 0 Å². The molecule has 1 atom stereocenters. The average Bonchev–Trinajstić information content (AvgIpc) is 3.66. The predicted octanol–water partition coefficient (Wildman–Crippen LogP) is 9.42. The molecule has 1 heterocycles. The second-order valence-corrected chi connectivity index (χ2v) is 12.7. The monoisotopic (exact) mass is 681 g/mol. The number of amides is 3. The number of ether oxygens (including phenoxy) is 1. The molecule has 3 amide bonds. The van der Waals surface area contributed by atoms with Gasteiger partial charge in [-0.15, -0.1) is 11.8 Å². The summed E-state index contributed by atoms with van der Waals surface area (Å²) in [5, 5.41) is 11.9. The van der Waals surface area contributed by atoms with Crippen molar-refractivity contribution in [2.75, 3.05) is 10.6 Å². The van der Waals surface area contributed by atoms with E-state index in [1.807, 2.05) is 120 Å². The van der Waals surface area contributed by atoms with Gasteiger partial charge in [-0.05, 0) is 107 Å². The third-order valence-corrected chi connectivity index (χ3v) is 9.16. The molecule has 0 aliphatic heterocycles. The highest BCUT2D eigenvalue weighted by molar-refractivity contribution is 8.00. The number of para-hydroxylation sites is 1. The maximum absolute atomic E-state index is 13.6. The summed E-state index contributed by atoms with van der Waals surface area (Å²) in [6, 6.07) is 44.2. The van der Waals surface area contributed by atoms with E-state index in [9.17, 15) is 14.4 Å². The van der Waals surface area contributed by atoms with Crippen LogP contribution < -0.4 is 20.7 Å². The highest BCUT2D eigenvalue weighted by Crippen LogP contribution is 2.37. The minimum atomic E-state index is -0.546. The summed E-state index contributed by atoms with van der Waals surface area (Å²) in [5.74, 6) is 0.374. The van der Waals surface area contributed by atoms with Crippen molar-refractivity contribution in [3.8, 4) is 11.5 Å². The summed E-state index contributed by atoms with van der Waals surface area (Å²) in [5.41, 5.74) is 3.40. The normalized spacial score (nSPS) is 11.6. The molecule has 1 unspecified atom stereocenters. The molecule has 242 valence electrons. The van der Waals surface area contributed by atoms with Crippen LogP contribution in [0, 0.1) is 0 Å². The number of rotatable bonds is 12. The lowest BCUT2D eigenvalue weighted by Crippen LogP contribution is -2.30. The standard InChI is InChI=1S/C40H31N3O4S2/c44-38(30-12-6-2-7-13-30)43-36(26-28-24-25-48-27-28)39(45)41-32-18-22-35(23-19-32)49-37(29-10-4-1-5-11-29)40(46)42-31-16-20-34(21-17-31)47-33-14-8-3-9-15-33/h1-27,37H,(H,41,45)(H,42,46)(H,43,44)/b36-26-. The molecule has 6 aromatic rings. The van der Waals surface area contributed by atoms with E-state index in [2.05, 4.69) is 16.0 Å². The number of hydrogen-bond donors (Lipinski definition) is 3. The zero-order valence-electron chi connectivity index (χ0n) is 26.1. The number of carbonyl (C=O) groups excluding carboxylic acids is 3. The first kappa shape index (κ1) is 33.0. The maximum Gasteiger partial charge on any atom is 0.272 e. The molecule has 0 saturated heterocycles. The zero-order chi connectivity index (χ0) is 33.8. The quantitative estimate of drug-likeness (QED) is 0.0884. The number of anilines is 2. The van der Waals surface area contributed by atoms with E-state index < -0.39 is 11.2 Å². The van der Waals surface area contributed by atoms with Crippen molar-refractivity contribution >= 4 is 58.3 Å². The van der Waals surface area contributed by atoms with Gasteiger partial charge in [-0.2, -0.15) is 11.3 Å². The van der Waals surface area contributed by atoms with Crippen LogP contribution in [0.1, 0.15) is 26.7 Å². The Morgan fingerprint density at radius 2 is 1.24 bits per heavy atom. The minimum absolute atomic E-state index is 0.117. The summed E-state index contributed by atoms with van der Waals surface area (Å²) < 4.78 is 5.87. The molecule has 0 aliphatic rings. The van der Waals surface area contributed by atoms with Gasteiger partial charge in [0.1, 0.15) is 22.4 Å². The van der Waals surface area contributed by atoms with Crippen LogP contribution in [-0.2, 0) is 9.59 Å². The van der Waals surface area contributed by atoms with Crippen LogP contribution in [0.15, 0.2) is 167 Å². The maximum atomic E-state index is 13.6. The van der Waals surface area contributed by atoms with Gasteiger partial charge in [0.05, 0.1) is 0 Å². The Kier molecular flexibility index (Phi) is 11.0. The van der Waals surface area contributed by atoms with Crippen LogP contribution in [0.2, 0.25) is 0 Å². The molecule has 3 N–H and O–H groups in total. The number of thiophene rings is 1. The summed E-state index contributed by atoms with van der Waals surface area (Å²) in [6.45, 7) is 0. The fourth-order valence-corrected chi connectivity index (χ4v) is 6.40. The lowest BCUT2D eigenvalue weighted by atomic mass is 10.1. The number of benzene rings is 5. The topological polar surface area (TPSA) is 96.5 Å². The van der Waals surface area contributed by atoms with Crippen LogP contribution in [0.4, 0.5) is 11.4 Å². The Morgan fingerprint density at radius 3 is 1.90 bits per heavy atom. The van der Waals surface area contributed by atoms with Gasteiger partial charge in [-0.25, -0.2) is 0 Å². The molecule has 0 radical (unpaired) electrons. The van der Waals surface area contributed by atoms with E-state index in [4.69, 9.17) is 4.74 Å². The summed E-state index contributed by atoms with van der Waals surface area (Å²) in [4.78, 5) is 40.7. The Labute approximate surface area is 292 Å². The zero-order valence-corrected chi connectivity index (χ0v) is 27.7. The molecule has 0 spiro atoms. The lowest BCUT2D eigenvalue weighted by molar-refractivity contribution is -0.116. The Bertz CT molecular complexity index is 2020. The second kappa shape index (κ2) is 16.3.